The van der Waals surface area contributed by atoms with Crippen molar-refractivity contribution >= 4 is 23.1 Å². The molecule has 0 saturated carbocycles. The molecule has 1 aromatic heterocycles. The van der Waals surface area contributed by atoms with Crippen LogP contribution in [-0.4, -0.2) is 31.2 Å². The zero-order chi connectivity index (χ0) is 14.7. The minimum absolute atomic E-state index is 0.633. The van der Waals surface area contributed by atoms with E-state index in [1.165, 1.54) is 0 Å². The number of rotatable bonds is 2. The molecule has 0 amide bonds. The third kappa shape index (κ3) is 2.93. The van der Waals surface area contributed by atoms with E-state index in [9.17, 15) is 0 Å². The number of pyridine rings is 1. The quantitative estimate of drug-likeness (QED) is 0.855. The van der Waals surface area contributed by atoms with Crippen LogP contribution in [0.25, 0.3) is 0 Å². The first-order valence-corrected chi connectivity index (χ1v) is 7.26. The van der Waals surface area contributed by atoms with Crippen molar-refractivity contribution in [2.45, 2.75) is 0 Å². The molecule has 1 fully saturated rings. The van der Waals surface area contributed by atoms with Crippen molar-refractivity contribution in [1.29, 1.82) is 5.26 Å². The van der Waals surface area contributed by atoms with E-state index in [4.69, 9.17) is 16.9 Å². The second-order valence-corrected chi connectivity index (χ2v) is 5.38. The Balaban J connectivity index is 1.72. The van der Waals surface area contributed by atoms with Crippen molar-refractivity contribution < 1.29 is 0 Å². The Morgan fingerprint density at radius 2 is 1.81 bits per heavy atom. The summed E-state index contributed by atoms with van der Waals surface area (Å²) in [4.78, 5) is 8.82. The lowest BCUT2D eigenvalue weighted by atomic mass is 10.2. The normalized spacial score (nSPS) is 14.9. The van der Waals surface area contributed by atoms with Gasteiger partial charge >= 0.3 is 0 Å². The van der Waals surface area contributed by atoms with Crippen LogP contribution in [0.5, 0.6) is 0 Å². The molecule has 0 bridgehead atoms. The fourth-order valence-electron chi connectivity index (χ4n) is 2.59. The predicted molar refractivity (Wildman–Crippen MR) is 84.8 cm³/mol. The molecule has 1 aliphatic heterocycles. The van der Waals surface area contributed by atoms with Gasteiger partial charge in [0.1, 0.15) is 11.9 Å². The molecule has 4 nitrogen and oxygen atoms in total. The summed E-state index contributed by atoms with van der Waals surface area (Å²) in [5.41, 5.74) is 1.78. The van der Waals surface area contributed by atoms with Gasteiger partial charge in [0.2, 0.25) is 0 Å². The smallest absolute Gasteiger partial charge is 0.146 e. The molecule has 21 heavy (non-hydrogen) atoms. The van der Waals surface area contributed by atoms with Crippen LogP contribution in [-0.2, 0) is 0 Å². The molecule has 0 aliphatic carbocycles. The molecule has 3 rings (SSSR count). The van der Waals surface area contributed by atoms with Gasteiger partial charge in [-0.2, -0.15) is 5.26 Å². The lowest BCUT2D eigenvalue weighted by Crippen LogP contribution is -2.47. The molecule has 0 atom stereocenters. The van der Waals surface area contributed by atoms with Gasteiger partial charge in [0.05, 0.1) is 5.56 Å². The van der Waals surface area contributed by atoms with Gasteiger partial charge in [-0.3, -0.25) is 0 Å². The van der Waals surface area contributed by atoms with Gasteiger partial charge in [0, 0.05) is 43.1 Å². The average Bonchev–Trinajstić information content (AvgIpc) is 2.55. The van der Waals surface area contributed by atoms with Gasteiger partial charge in [0.15, 0.2) is 0 Å². The van der Waals surface area contributed by atoms with Gasteiger partial charge < -0.3 is 9.80 Å². The van der Waals surface area contributed by atoms with Crippen LogP contribution in [0.3, 0.4) is 0 Å². The zero-order valence-electron chi connectivity index (χ0n) is 11.5. The maximum absolute atomic E-state index is 9.17. The van der Waals surface area contributed by atoms with Gasteiger partial charge in [-0.05, 0) is 30.3 Å². The lowest BCUT2D eigenvalue weighted by molar-refractivity contribution is 0.647. The fourth-order valence-corrected chi connectivity index (χ4v) is 2.77. The van der Waals surface area contributed by atoms with Crippen molar-refractivity contribution in [1.82, 2.24) is 4.98 Å². The molecular formula is C16H15ClN4. The van der Waals surface area contributed by atoms with Gasteiger partial charge in [-0.1, -0.05) is 17.7 Å². The summed E-state index contributed by atoms with van der Waals surface area (Å²) >= 11 is 6.05. The number of nitriles is 1. The molecule has 1 aliphatic rings. The van der Waals surface area contributed by atoms with Gasteiger partial charge in [-0.25, -0.2) is 4.98 Å². The minimum Gasteiger partial charge on any atom is -0.368 e. The van der Waals surface area contributed by atoms with Crippen molar-refractivity contribution in [3.05, 3.63) is 53.2 Å². The second kappa shape index (κ2) is 6.02. The number of nitrogens with zero attached hydrogens (tertiary/aromatic N) is 4. The van der Waals surface area contributed by atoms with Crippen molar-refractivity contribution in [2.75, 3.05) is 36.0 Å². The summed E-state index contributed by atoms with van der Waals surface area (Å²) in [5, 5.41) is 9.92. The summed E-state index contributed by atoms with van der Waals surface area (Å²) in [6, 6.07) is 13.7. The van der Waals surface area contributed by atoms with Crippen LogP contribution < -0.4 is 9.80 Å². The molecule has 5 heteroatoms. The Labute approximate surface area is 129 Å². The highest BCUT2D eigenvalue weighted by Crippen LogP contribution is 2.23. The minimum atomic E-state index is 0.633. The van der Waals surface area contributed by atoms with E-state index < -0.39 is 0 Å². The summed E-state index contributed by atoms with van der Waals surface area (Å²) in [6.07, 6.45) is 1.74. The molecule has 0 unspecified atom stereocenters. The van der Waals surface area contributed by atoms with Crippen molar-refractivity contribution in [3.63, 3.8) is 0 Å². The van der Waals surface area contributed by atoms with E-state index >= 15 is 0 Å². The topological polar surface area (TPSA) is 43.2 Å². The number of halogens is 1. The third-order valence-corrected chi connectivity index (χ3v) is 3.89. The molecular weight excluding hydrogens is 284 g/mol. The van der Waals surface area contributed by atoms with Crippen LogP contribution in [0, 0.1) is 11.3 Å². The first kappa shape index (κ1) is 13.7. The standard InChI is InChI=1S/C16H15ClN4/c17-14-4-1-5-15(11-14)20-7-9-21(10-8-20)16-13(12-18)3-2-6-19-16/h1-6,11H,7-10H2. The number of anilines is 2. The predicted octanol–water partition coefficient (Wildman–Crippen LogP) is 2.93. The highest BCUT2D eigenvalue weighted by Gasteiger charge is 2.20. The van der Waals surface area contributed by atoms with Crippen LogP contribution >= 0.6 is 11.6 Å². The summed E-state index contributed by atoms with van der Waals surface area (Å²) in [5.74, 6) is 0.783. The molecule has 1 aromatic carbocycles. The number of hydrogen-bond acceptors (Lipinski definition) is 4. The Kier molecular flexibility index (Phi) is 3.94. The summed E-state index contributed by atoms with van der Waals surface area (Å²) < 4.78 is 0. The van der Waals surface area contributed by atoms with Crippen molar-refractivity contribution in [2.24, 2.45) is 0 Å². The van der Waals surface area contributed by atoms with E-state index in [2.05, 4.69) is 26.9 Å². The number of benzene rings is 1. The zero-order valence-corrected chi connectivity index (χ0v) is 12.3. The van der Waals surface area contributed by atoms with E-state index in [0.717, 1.165) is 42.7 Å². The Morgan fingerprint density at radius 1 is 1.05 bits per heavy atom. The third-order valence-electron chi connectivity index (χ3n) is 3.66. The molecule has 2 heterocycles. The molecule has 0 N–H and O–H groups in total. The first-order chi connectivity index (χ1) is 10.3. The highest BCUT2D eigenvalue weighted by atomic mass is 35.5. The van der Waals surface area contributed by atoms with E-state index in [1.807, 2.05) is 24.3 Å². The SMILES string of the molecule is N#Cc1cccnc1N1CCN(c2cccc(Cl)c2)CC1. The maximum Gasteiger partial charge on any atom is 0.146 e. The number of hydrogen-bond donors (Lipinski definition) is 0. The molecule has 0 radical (unpaired) electrons. The van der Waals surface area contributed by atoms with Crippen LogP contribution in [0.4, 0.5) is 11.5 Å². The molecule has 1 saturated heterocycles. The fraction of sp³-hybridized carbons (Fsp3) is 0.250. The first-order valence-electron chi connectivity index (χ1n) is 6.88. The molecule has 106 valence electrons. The molecule has 2 aromatic rings. The Hall–Kier alpha value is -2.25. The summed E-state index contributed by atoms with van der Waals surface area (Å²) in [7, 11) is 0. The van der Waals surface area contributed by atoms with Crippen molar-refractivity contribution in [3.8, 4) is 6.07 Å². The van der Waals surface area contributed by atoms with E-state index in [0.29, 0.717) is 5.56 Å². The lowest BCUT2D eigenvalue weighted by Gasteiger charge is -2.37. The van der Waals surface area contributed by atoms with Crippen LogP contribution in [0.1, 0.15) is 5.56 Å². The largest absolute Gasteiger partial charge is 0.368 e. The van der Waals surface area contributed by atoms with Crippen LogP contribution in [0.2, 0.25) is 5.02 Å². The number of piperazine rings is 1. The maximum atomic E-state index is 9.17. The van der Waals surface area contributed by atoms with E-state index in [-0.39, 0.29) is 0 Å². The van der Waals surface area contributed by atoms with Crippen LogP contribution in [0.15, 0.2) is 42.6 Å². The van der Waals surface area contributed by atoms with Gasteiger partial charge in [-0.15, -0.1) is 0 Å². The second-order valence-electron chi connectivity index (χ2n) is 4.94. The monoisotopic (exact) mass is 298 g/mol. The summed E-state index contributed by atoms with van der Waals surface area (Å²) in [6.45, 7) is 3.47. The Morgan fingerprint density at radius 3 is 2.52 bits per heavy atom. The van der Waals surface area contributed by atoms with E-state index in [1.54, 1.807) is 12.3 Å². The average molecular weight is 299 g/mol. The number of aromatic nitrogens is 1. The molecule has 0 spiro atoms. The van der Waals surface area contributed by atoms with Gasteiger partial charge in [0.25, 0.3) is 0 Å². The highest BCUT2D eigenvalue weighted by molar-refractivity contribution is 6.30. The Bertz CT molecular complexity index is 672.